The van der Waals surface area contributed by atoms with Crippen LogP contribution in [0.4, 0.5) is 5.69 Å². The molecule has 0 spiro atoms. The largest absolute Gasteiger partial charge is 0.399 e. The Hall–Kier alpha value is -1.57. The van der Waals surface area contributed by atoms with Gasteiger partial charge >= 0.3 is 0 Å². The van der Waals surface area contributed by atoms with Gasteiger partial charge in [-0.3, -0.25) is 4.79 Å². The number of hydrogen-bond donors (Lipinski definition) is 1. The van der Waals surface area contributed by atoms with E-state index in [0.29, 0.717) is 6.42 Å². The molecule has 0 unspecified atom stereocenters. The molecule has 0 aliphatic rings. The lowest BCUT2D eigenvalue weighted by Gasteiger charge is -2.24. The lowest BCUT2D eigenvalue weighted by Crippen LogP contribution is -2.29. The number of rotatable bonds is 5. The van der Waals surface area contributed by atoms with Crippen molar-refractivity contribution in [2.75, 3.05) is 5.73 Å². The van der Waals surface area contributed by atoms with Gasteiger partial charge in [-0.05, 0) is 38.0 Å². The summed E-state index contributed by atoms with van der Waals surface area (Å²) in [4.78, 5) is 12.2. The molecule has 92 valence electrons. The van der Waals surface area contributed by atoms with Crippen molar-refractivity contribution >= 4 is 11.5 Å². The van der Waals surface area contributed by atoms with Crippen LogP contribution in [0.3, 0.4) is 0 Å². The van der Waals surface area contributed by atoms with Gasteiger partial charge in [-0.2, -0.15) is 0 Å². The quantitative estimate of drug-likeness (QED) is 0.623. The Kier molecular flexibility index (Phi) is 4.11. The Morgan fingerprint density at radius 1 is 1.29 bits per heavy atom. The average molecular weight is 231 g/mol. The van der Waals surface area contributed by atoms with E-state index in [1.807, 2.05) is 45.0 Å². The minimum atomic E-state index is -0.480. The number of ketones is 1. The molecular formula is C15H21NO. The summed E-state index contributed by atoms with van der Waals surface area (Å²) in [6, 6.07) is 7.50. The van der Waals surface area contributed by atoms with Gasteiger partial charge in [0, 0.05) is 17.5 Å². The Morgan fingerprint density at radius 2 is 1.82 bits per heavy atom. The van der Waals surface area contributed by atoms with E-state index in [4.69, 9.17) is 5.73 Å². The highest BCUT2D eigenvalue weighted by Gasteiger charge is 2.29. The second kappa shape index (κ2) is 5.17. The molecule has 0 atom stereocenters. The molecule has 2 N–H and O–H groups in total. The lowest BCUT2D eigenvalue weighted by atomic mass is 9.78. The van der Waals surface area contributed by atoms with E-state index in [2.05, 4.69) is 6.58 Å². The highest BCUT2D eigenvalue weighted by atomic mass is 16.1. The molecule has 1 rings (SSSR count). The van der Waals surface area contributed by atoms with Crippen LogP contribution in [-0.2, 0) is 10.2 Å². The summed E-state index contributed by atoms with van der Waals surface area (Å²) >= 11 is 0. The average Bonchev–Trinajstić information content (AvgIpc) is 2.29. The molecule has 2 nitrogen and oxygen atoms in total. The van der Waals surface area contributed by atoms with Crippen molar-refractivity contribution < 1.29 is 4.79 Å². The van der Waals surface area contributed by atoms with Crippen LogP contribution in [-0.4, -0.2) is 5.78 Å². The number of nitrogens with two attached hydrogens (primary N) is 1. The molecular weight excluding hydrogens is 210 g/mol. The first-order valence-corrected chi connectivity index (χ1v) is 5.94. The smallest absolute Gasteiger partial charge is 0.146 e. The van der Waals surface area contributed by atoms with Crippen LogP contribution in [0.25, 0.3) is 0 Å². The minimum absolute atomic E-state index is 0.203. The van der Waals surface area contributed by atoms with Crippen molar-refractivity contribution in [2.45, 2.75) is 39.0 Å². The molecule has 2 heteroatoms. The van der Waals surface area contributed by atoms with Gasteiger partial charge in [-0.1, -0.05) is 31.2 Å². The van der Waals surface area contributed by atoms with E-state index in [-0.39, 0.29) is 5.78 Å². The number of anilines is 1. The first-order chi connectivity index (χ1) is 7.87. The van der Waals surface area contributed by atoms with Gasteiger partial charge in [0.15, 0.2) is 0 Å². The number of Topliss-reactive ketones (excluding diaryl/α,β-unsaturated/α-hetero) is 1. The Labute approximate surface area is 104 Å². The molecule has 0 aliphatic heterocycles. The van der Waals surface area contributed by atoms with Crippen LogP contribution in [0.1, 0.15) is 39.2 Å². The van der Waals surface area contributed by atoms with E-state index in [9.17, 15) is 4.79 Å². The maximum absolute atomic E-state index is 12.2. The second-order valence-corrected chi connectivity index (χ2v) is 4.95. The zero-order valence-electron chi connectivity index (χ0n) is 10.9. The van der Waals surface area contributed by atoms with Gasteiger partial charge in [0.05, 0.1) is 0 Å². The third-order valence-electron chi connectivity index (χ3n) is 3.24. The third-order valence-corrected chi connectivity index (χ3v) is 3.24. The summed E-state index contributed by atoms with van der Waals surface area (Å²) in [6.07, 6.45) is 1.30. The normalized spacial score (nSPS) is 11.2. The van der Waals surface area contributed by atoms with Gasteiger partial charge in [0.1, 0.15) is 5.78 Å². The Bertz CT molecular complexity index is 415. The van der Waals surface area contributed by atoms with Crippen LogP contribution in [0, 0.1) is 0 Å². The van der Waals surface area contributed by atoms with Crippen molar-refractivity contribution in [1.82, 2.24) is 0 Å². The van der Waals surface area contributed by atoms with Gasteiger partial charge in [0.25, 0.3) is 0 Å². The fraction of sp³-hybridized carbons (Fsp3) is 0.400. The topological polar surface area (TPSA) is 43.1 Å². The van der Waals surface area contributed by atoms with Crippen LogP contribution < -0.4 is 5.73 Å². The summed E-state index contributed by atoms with van der Waals surface area (Å²) in [5.41, 5.74) is 7.87. The molecule has 0 amide bonds. The highest BCUT2D eigenvalue weighted by molar-refractivity contribution is 5.91. The number of carbonyl (C=O) groups excluding carboxylic acids is 1. The molecule has 0 radical (unpaired) electrons. The maximum atomic E-state index is 12.2. The predicted octanol–water partition coefficient (Wildman–Crippen LogP) is 3.47. The van der Waals surface area contributed by atoms with Crippen LogP contribution >= 0.6 is 0 Å². The SMILES string of the molecule is C=C(CC)CC(=O)C(C)(C)c1ccc(N)cc1. The van der Waals surface area contributed by atoms with E-state index in [1.54, 1.807) is 0 Å². The number of allylic oxidation sites excluding steroid dienone is 1. The molecule has 0 bridgehead atoms. The van der Waals surface area contributed by atoms with Gasteiger partial charge in [0.2, 0.25) is 0 Å². The van der Waals surface area contributed by atoms with Crippen LogP contribution in [0.15, 0.2) is 36.4 Å². The molecule has 0 fully saturated rings. The van der Waals surface area contributed by atoms with Crippen LogP contribution in [0.5, 0.6) is 0 Å². The molecule has 0 saturated heterocycles. The first-order valence-electron chi connectivity index (χ1n) is 5.94. The predicted molar refractivity (Wildman–Crippen MR) is 72.9 cm³/mol. The summed E-state index contributed by atoms with van der Waals surface area (Å²) in [5.74, 6) is 0.203. The van der Waals surface area contributed by atoms with Crippen molar-refractivity contribution in [3.63, 3.8) is 0 Å². The Morgan fingerprint density at radius 3 is 2.29 bits per heavy atom. The summed E-state index contributed by atoms with van der Waals surface area (Å²) in [7, 11) is 0. The molecule has 17 heavy (non-hydrogen) atoms. The van der Waals surface area contributed by atoms with E-state index in [0.717, 1.165) is 23.2 Å². The standard InChI is InChI=1S/C15H21NO/c1-5-11(2)10-14(17)15(3,4)12-6-8-13(16)9-7-12/h6-9H,2,5,10,16H2,1,3-4H3. The van der Waals surface area contributed by atoms with Crippen molar-refractivity contribution in [1.29, 1.82) is 0 Å². The van der Waals surface area contributed by atoms with E-state index >= 15 is 0 Å². The molecule has 0 aromatic heterocycles. The first kappa shape index (κ1) is 13.5. The zero-order valence-corrected chi connectivity index (χ0v) is 10.9. The fourth-order valence-corrected chi connectivity index (χ4v) is 1.63. The molecule has 0 saturated carbocycles. The van der Waals surface area contributed by atoms with Crippen molar-refractivity contribution in [3.8, 4) is 0 Å². The molecule has 0 aliphatic carbocycles. The molecule has 1 aromatic carbocycles. The molecule has 0 heterocycles. The number of carbonyl (C=O) groups is 1. The summed E-state index contributed by atoms with van der Waals surface area (Å²) in [6.45, 7) is 9.81. The third kappa shape index (κ3) is 3.19. The van der Waals surface area contributed by atoms with Gasteiger partial charge < -0.3 is 5.73 Å². The fourth-order valence-electron chi connectivity index (χ4n) is 1.63. The number of hydrogen-bond acceptors (Lipinski definition) is 2. The summed E-state index contributed by atoms with van der Waals surface area (Å²) in [5, 5.41) is 0. The zero-order chi connectivity index (χ0) is 13.1. The van der Waals surface area contributed by atoms with Crippen LogP contribution in [0.2, 0.25) is 0 Å². The highest BCUT2D eigenvalue weighted by Crippen LogP contribution is 2.27. The second-order valence-electron chi connectivity index (χ2n) is 4.95. The number of nitrogen functional groups attached to an aromatic ring is 1. The Balaban J connectivity index is 2.90. The van der Waals surface area contributed by atoms with E-state index in [1.165, 1.54) is 0 Å². The lowest BCUT2D eigenvalue weighted by molar-refractivity contribution is -0.122. The summed E-state index contributed by atoms with van der Waals surface area (Å²) < 4.78 is 0. The molecule has 1 aromatic rings. The van der Waals surface area contributed by atoms with Gasteiger partial charge in [-0.15, -0.1) is 0 Å². The number of benzene rings is 1. The van der Waals surface area contributed by atoms with Crippen molar-refractivity contribution in [3.05, 3.63) is 42.0 Å². The van der Waals surface area contributed by atoms with Crippen molar-refractivity contribution in [2.24, 2.45) is 0 Å². The van der Waals surface area contributed by atoms with E-state index < -0.39 is 5.41 Å². The maximum Gasteiger partial charge on any atom is 0.146 e. The minimum Gasteiger partial charge on any atom is -0.399 e. The monoisotopic (exact) mass is 231 g/mol. The van der Waals surface area contributed by atoms with Gasteiger partial charge in [-0.25, -0.2) is 0 Å².